The number of amides is 5. The van der Waals surface area contributed by atoms with Crippen LogP contribution in [0.2, 0.25) is 0 Å². The SMILES string of the molecule is CNC(=O)NC(=O)[C@H](C)OC(=O)[C@@H](NC(=O)Nc1ccccc1)C(C)C. The summed E-state index contributed by atoms with van der Waals surface area (Å²) in [6.45, 7) is 4.78. The van der Waals surface area contributed by atoms with E-state index in [1.165, 1.54) is 14.0 Å². The lowest BCUT2D eigenvalue weighted by Gasteiger charge is -2.23. The molecule has 0 spiro atoms. The van der Waals surface area contributed by atoms with Gasteiger partial charge in [0.15, 0.2) is 6.10 Å². The zero-order chi connectivity index (χ0) is 19.7. The monoisotopic (exact) mass is 364 g/mol. The number of para-hydroxylation sites is 1. The molecule has 0 aliphatic carbocycles. The summed E-state index contributed by atoms with van der Waals surface area (Å²) >= 11 is 0. The lowest BCUT2D eigenvalue weighted by atomic mass is 10.0. The molecule has 0 aliphatic rings. The number of hydrogen-bond donors (Lipinski definition) is 4. The van der Waals surface area contributed by atoms with Crippen molar-refractivity contribution in [2.24, 2.45) is 5.92 Å². The van der Waals surface area contributed by atoms with Crippen LogP contribution in [0.25, 0.3) is 0 Å². The minimum atomic E-state index is -1.19. The standard InChI is InChI=1S/C17H24N4O5/c1-10(2)13(20-17(25)19-12-8-6-5-7-9-12)15(23)26-11(3)14(22)21-16(24)18-4/h5-11,13H,1-4H3,(H2,19,20,25)(H2,18,21,22,24)/t11-,13-/m0/s1. The average Bonchev–Trinajstić information content (AvgIpc) is 2.59. The van der Waals surface area contributed by atoms with E-state index in [-0.39, 0.29) is 5.92 Å². The molecule has 1 aromatic rings. The first-order chi connectivity index (χ1) is 12.2. The summed E-state index contributed by atoms with van der Waals surface area (Å²) in [6, 6.07) is 6.48. The first-order valence-electron chi connectivity index (χ1n) is 8.10. The van der Waals surface area contributed by atoms with Gasteiger partial charge in [-0.2, -0.15) is 0 Å². The van der Waals surface area contributed by atoms with E-state index in [9.17, 15) is 19.2 Å². The summed E-state index contributed by atoms with van der Waals surface area (Å²) in [5, 5.41) is 9.36. The molecule has 9 heteroatoms. The van der Waals surface area contributed by atoms with Gasteiger partial charge in [0.25, 0.3) is 5.91 Å². The number of benzene rings is 1. The van der Waals surface area contributed by atoms with Crippen LogP contribution >= 0.6 is 0 Å². The van der Waals surface area contributed by atoms with Gasteiger partial charge in [-0.05, 0) is 25.0 Å². The molecule has 1 aromatic carbocycles. The number of carbonyl (C=O) groups excluding carboxylic acids is 4. The highest BCUT2D eigenvalue weighted by atomic mass is 16.5. The van der Waals surface area contributed by atoms with Gasteiger partial charge < -0.3 is 20.7 Å². The fraction of sp³-hybridized carbons (Fsp3) is 0.412. The summed E-state index contributed by atoms with van der Waals surface area (Å²) in [6.07, 6.45) is -1.19. The zero-order valence-electron chi connectivity index (χ0n) is 15.2. The van der Waals surface area contributed by atoms with Gasteiger partial charge in [0.1, 0.15) is 6.04 Å². The van der Waals surface area contributed by atoms with E-state index in [0.29, 0.717) is 5.69 Å². The van der Waals surface area contributed by atoms with Gasteiger partial charge in [0, 0.05) is 12.7 Å². The van der Waals surface area contributed by atoms with Crippen LogP contribution in [0.5, 0.6) is 0 Å². The van der Waals surface area contributed by atoms with E-state index in [0.717, 1.165) is 0 Å². The van der Waals surface area contributed by atoms with Crippen molar-refractivity contribution in [3.8, 4) is 0 Å². The number of esters is 1. The number of carbonyl (C=O) groups is 4. The Labute approximate surface area is 151 Å². The minimum absolute atomic E-state index is 0.279. The Kier molecular flexibility index (Phi) is 8.07. The minimum Gasteiger partial charge on any atom is -0.451 e. The third kappa shape index (κ3) is 6.80. The average molecular weight is 364 g/mol. The van der Waals surface area contributed by atoms with E-state index >= 15 is 0 Å². The molecule has 142 valence electrons. The smallest absolute Gasteiger partial charge is 0.329 e. The molecule has 0 heterocycles. The molecule has 0 fully saturated rings. The van der Waals surface area contributed by atoms with Crippen LogP contribution in [0.4, 0.5) is 15.3 Å². The Morgan fingerprint density at radius 1 is 0.962 bits per heavy atom. The molecule has 26 heavy (non-hydrogen) atoms. The van der Waals surface area contributed by atoms with Crippen LogP contribution in [0.15, 0.2) is 30.3 Å². The molecule has 0 saturated heterocycles. The summed E-state index contributed by atoms with van der Waals surface area (Å²) in [5.41, 5.74) is 0.569. The summed E-state index contributed by atoms with van der Waals surface area (Å²) < 4.78 is 5.06. The lowest BCUT2D eigenvalue weighted by Crippen LogP contribution is -2.49. The first kappa shape index (κ1) is 20.9. The molecule has 2 atom stereocenters. The fourth-order valence-corrected chi connectivity index (χ4v) is 1.90. The highest BCUT2D eigenvalue weighted by Crippen LogP contribution is 2.08. The van der Waals surface area contributed by atoms with Crippen LogP contribution < -0.4 is 21.3 Å². The lowest BCUT2D eigenvalue weighted by molar-refractivity contribution is -0.157. The molecule has 4 N–H and O–H groups in total. The number of rotatable bonds is 6. The van der Waals surface area contributed by atoms with Crippen molar-refractivity contribution < 1.29 is 23.9 Å². The predicted octanol–water partition coefficient (Wildman–Crippen LogP) is 1.22. The molecule has 9 nitrogen and oxygen atoms in total. The van der Waals surface area contributed by atoms with E-state index in [1.54, 1.807) is 38.1 Å². The highest BCUT2D eigenvalue weighted by Gasteiger charge is 2.29. The molecular formula is C17H24N4O5. The van der Waals surface area contributed by atoms with Crippen molar-refractivity contribution >= 4 is 29.6 Å². The van der Waals surface area contributed by atoms with Gasteiger partial charge in [-0.25, -0.2) is 14.4 Å². The van der Waals surface area contributed by atoms with E-state index in [2.05, 4.69) is 16.0 Å². The second kappa shape index (κ2) is 10.0. The van der Waals surface area contributed by atoms with Gasteiger partial charge in [0.2, 0.25) is 0 Å². The number of nitrogens with one attached hydrogen (secondary N) is 4. The maximum absolute atomic E-state index is 12.3. The summed E-state index contributed by atoms with van der Waals surface area (Å²) in [7, 11) is 1.35. The van der Waals surface area contributed by atoms with Crippen molar-refractivity contribution in [3.63, 3.8) is 0 Å². The number of anilines is 1. The third-order valence-corrected chi connectivity index (χ3v) is 3.36. The molecule has 0 saturated carbocycles. The normalized spacial score (nSPS) is 12.5. The third-order valence-electron chi connectivity index (χ3n) is 3.36. The second-order valence-electron chi connectivity index (χ2n) is 5.83. The highest BCUT2D eigenvalue weighted by molar-refractivity contribution is 5.97. The van der Waals surface area contributed by atoms with E-state index in [1.807, 2.05) is 11.4 Å². The van der Waals surface area contributed by atoms with Crippen LogP contribution in [-0.2, 0) is 14.3 Å². The Balaban J connectivity index is 2.64. The van der Waals surface area contributed by atoms with Gasteiger partial charge in [0.05, 0.1) is 0 Å². The van der Waals surface area contributed by atoms with Crippen molar-refractivity contribution in [1.82, 2.24) is 16.0 Å². The zero-order valence-corrected chi connectivity index (χ0v) is 15.2. The molecule has 0 unspecified atom stereocenters. The maximum atomic E-state index is 12.3. The van der Waals surface area contributed by atoms with Crippen molar-refractivity contribution in [2.75, 3.05) is 12.4 Å². The summed E-state index contributed by atoms with van der Waals surface area (Å²) in [5.74, 6) is -1.82. The van der Waals surface area contributed by atoms with Gasteiger partial charge >= 0.3 is 18.0 Å². The first-order valence-corrected chi connectivity index (χ1v) is 8.10. The maximum Gasteiger partial charge on any atom is 0.329 e. The van der Waals surface area contributed by atoms with Crippen LogP contribution in [0, 0.1) is 5.92 Å². The number of urea groups is 2. The predicted molar refractivity (Wildman–Crippen MR) is 95.4 cm³/mol. The number of hydrogen-bond acceptors (Lipinski definition) is 5. The molecule has 0 bridgehead atoms. The molecule has 0 aliphatic heterocycles. The number of imide groups is 1. The van der Waals surface area contributed by atoms with Crippen molar-refractivity contribution in [3.05, 3.63) is 30.3 Å². The van der Waals surface area contributed by atoms with E-state index in [4.69, 9.17) is 4.74 Å². The van der Waals surface area contributed by atoms with Crippen molar-refractivity contribution in [1.29, 1.82) is 0 Å². The Morgan fingerprint density at radius 3 is 2.12 bits per heavy atom. The largest absolute Gasteiger partial charge is 0.451 e. The number of ether oxygens (including phenoxy) is 1. The topological polar surface area (TPSA) is 126 Å². The molecule has 0 radical (unpaired) electrons. The fourth-order valence-electron chi connectivity index (χ4n) is 1.90. The Hall–Kier alpha value is -3.10. The van der Waals surface area contributed by atoms with E-state index < -0.39 is 36.1 Å². The van der Waals surface area contributed by atoms with Crippen LogP contribution in [0.1, 0.15) is 20.8 Å². The Bertz CT molecular complexity index is 648. The van der Waals surface area contributed by atoms with Crippen LogP contribution in [0.3, 0.4) is 0 Å². The Morgan fingerprint density at radius 2 is 1.58 bits per heavy atom. The molecule has 1 rings (SSSR count). The molecule has 0 aromatic heterocycles. The molecule has 5 amide bonds. The van der Waals surface area contributed by atoms with Gasteiger partial charge in [-0.1, -0.05) is 32.0 Å². The van der Waals surface area contributed by atoms with Gasteiger partial charge in [-0.15, -0.1) is 0 Å². The summed E-state index contributed by atoms with van der Waals surface area (Å²) in [4.78, 5) is 47.3. The molecular weight excluding hydrogens is 340 g/mol. The second-order valence-corrected chi connectivity index (χ2v) is 5.83. The van der Waals surface area contributed by atoms with Gasteiger partial charge in [-0.3, -0.25) is 10.1 Å². The van der Waals surface area contributed by atoms with Crippen LogP contribution in [-0.4, -0.2) is 43.1 Å². The van der Waals surface area contributed by atoms with Crippen molar-refractivity contribution in [2.45, 2.75) is 32.9 Å². The quantitative estimate of drug-likeness (QED) is 0.565.